The van der Waals surface area contributed by atoms with Crippen LogP contribution in [0, 0.1) is 0 Å². The van der Waals surface area contributed by atoms with E-state index >= 15 is 0 Å². The van der Waals surface area contributed by atoms with Crippen molar-refractivity contribution in [2.75, 3.05) is 13.2 Å². The van der Waals surface area contributed by atoms with E-state index in [1.165, 1.54) is 6.08 Å². The number of rotatable bonds is 8. The van der Waals surface area contributed by atoms with E-state index in [1.807, 2.05) is 36.4 Å². The summed E-state index contributed by atoms with van der Waals surface area (Å²) in [6.45, 7) is 1.02. The number of carbonyl (C=O) groups is 1. The van der Waals surface area contributed by atoms with Gasteiger partial charge in [0.1, 0.15) is 12.4 Å². The third-order valence-corrected chi connectivity index (χ3v) is 3.07. The van der Waals surface area contributed by atoms with Gasteiger partial charge in [-0.25, -0.2) is 0 Å². The third kappa shape index (κ3) is 6.32. The molecule has 2 aromatic rings. The zero-order chi connectivity index (χ0) is 16.3. The zero-order valence-electron chi connectivity index (χ0n) is 12.8. The molecule has 0 radical (unpaired) electrons. The lowest BCUT2D eigenvalue weighted by molar-refractivity contribution is -0.116. The van der Waals surface area contributed by atoms with Gasteiger partial charge in [0.05, 0.1) is 0 Å². The Morgan fingerprint density at radius 2 is 2.09 bits per heavy atom. The molecule has 0 aliphatic carbocycles. The van der Waals surface area contributed by atoms with Gasteiger partial charge in [0.15, 0.2) is 0 Å². The highest BCUT2D eigenvalue weighted by Crippen LogP contribution is 2.14. The van der Waals surface area contributed by atoms with Crippen LogP contribution in [0.4, 0.5) is 0 Å². The number of aromatic nitrogens is 1. The number of nitrogens with one attached hydrogen (secondary N) is 1. The van der Waals surface area contributed by atoms with Crippen LogP contribution in [0.25, 0.3) is 6.08 Å². The lowest BCUT2D eigenvalue weighted by Crippen LogP contribution is -2.22. The normalized spacial score (nSPS) is 10.7. The van der Waals surface area contributed by atoms with Crippen molar-refractivity contribution in [2.45, 2.75) is 13.0 Å². The van der Waals surface area contributed by atoms with Gasteiger partial charge in [-0.3, -0.25) is 9.78 Å². The van der Waals surface area contributed by atoms with E-state index in [1.54, 1.807) is 18.5 Å². The molecule has 5 nitrogen and oxygen atoms in total. The maximum absolute atomic E-state index is 11.5. The van der Waals surface area contributed by atoms with E-state index in [0.29, 0.717) is 19.6 Å². The van der Waals surface area contributed by atoms with Crippen LogP contribution >= 0.6 is 0 Å². The molecule has 0 saturated heterocycles. The summed E-state index contributed by atoms with van der Waals surface area (Å²) in [6, 6.07) is 11.3. The van der Waals surface area contributed by atoms with Crippen LogP contribution in [0.15, 0.2) is 54.9 Å². The molecular formula is C18H20N2O3. The molecule has 1 aromatic carbocycles. The molecule has 120 valence electrons. The van der Waals surface area contributed by atoms with Gasteiger partial charge in [0.25, 0.3) is 0 Å². The average molecular weight is 312 g/mol. The Labute approximate surface area is 135 Å². The van der Waals surface area contributed by atoms with E-state index in [0.717, 1.165) is 16.9 Å². The third-order valence-electron chi connectivity index (χ3n) is 3.07. The van der Waals surface area contributed by atoms with Gasteiger partial charge < -0.3 is 15.2 Å². The first-order valence-electron chi connectivity index (χ1n) is 7.46. The highest BCUT2D eigenvalue weighted by Gasteiger charge is 1.97. The molecule has 0 aliphatic rings. The largest absolute Gasteiger partial charge is 0.489 e. The Hall–Kier alpha value is -2.66. The molecular weight excluding hydrogens is 292 g/mol. The topological polar surface area (TPSA) is 71.5 Å². The van der Waals surface area contributed by atoms with Crippen LogP contribution in [-0.4, -0.2) is 29.1 Å². The summed E-state index contributed by atoms with van der Waals surface area (Å²) in [5, 5.41) is 11.3. The Kier molecular flexibility index (Phi) is 6.81. The number of carbonyl (C=O) groups excluding carboxylic acids is 1. The second-order valence-electron chi connectivity index (χ2n) is 4.92. The number of amides is 1. The van der Waals surface area contributed by atoms with E-state index in [4.69, 9.17) is 9.84 Å². The first-order valence-corrected chi connectivity index (χ1v) is 7.46. The number of pyridine rings is 1. The van der Waals surface area contributed by atoms with Crippen molar-refractivity contribution >= 4 is 12.0 Å². The fourth-order valence-corrected chi connectivity index (χ4v) is 1.85. The fourth-order valence-electron chi connectivity index (χ4n) is 1.85. The van der Waals surface area contributed by atoms with Crippen molar-refractivity contribution in [2.24, 2.45) is 0 Å². The van der Waals surface area contributed by atoms with Crippen LogP contribution in [0.3, 0.4) is 0 Å². The molecule has 2 rings (SSSR count). The summed E-state index contributed by atoms with van der Waals surface area (Å²) in [5.74, 6) is 0.591. The van der Waals surface area contributed by atoms with E-state index in [2.05, 4.69) is 10.3 Å². The molecule has 1 amide bonds. The average Bonchev–Trinajstić information content (AvgIpc) is 2.60. The first kappa shape index (κ1) is 16.7. The maximum atomic E-state index is 11.5. The second-order valence-corrected chi connectivity index (χ2v) is 4.92. The van der Waals surface area contributed by atoms with Crippen molar-refractivity contribution in [3.05, 3.63) is 66.0 Å². The molecule has 0 atom stereocenters. The molecule has 0 spiro atoms. The molecule has 0 bridgehead atoms. The molecule has 2 N–H and O–H groups in total. The van der Waals surface area contributed by atoms with Crippen molar-refractivity contribution in [1.29, 1.82) is 0 Å². The summed E-state index contributed by atoms with van der Waals surface area (Å²) in [4.78, 5) is 15.5. The van der Waals surface area contributed by atoms with Crippen LogP contribution in [0.2, 0.25) is 0 Å². The van der Waals surface area contributed by atoms with Gasteiger partial charge >= 0.3 is 0 Å². The molecule has 5 heteroatoms. The summed E-state index contributed by atoms with van der Waals surface area (Å²) in [6.07, 6.45) is 7.27. The molecule has 0 aliphatic heterocycles. The van der Waals surface area contributed by atoms with Gasteiger partial charge in [-0.15, -0.1) is 0 Å². The van der Waals surface area contributed by atoms with E-state index in [9.17, 15) is 4.79 Å². The van der Waals surface area contributed by atoms with Gasteiger partial charge in [0.2, 0.25) is 5.91 Å². The van der Waals surface area contributed by atoms with Gasteiger partial charge in [-0.2, -0.15) is 0 Å². The number of aliphatic hydroxyl groups is 1. The van der Waals surface area contributed by atoms with Crippen LogP contribution in [-0.2, 0) is 11.4 Å². The highest BCUT2D eigenvalue weighted by molar-refractivity contribution is 5.91. The minimum absolute atomic E-state index is 0.0739. The predicted molar refractivity (Wildman–Crippen MR) is 88.8 cm³/mol. The minimum atomic E-state index is -0.171. The van der Waals surface area contributed by atoms with Crippen LogP contribution in [0.1, 0.15) is 17.5 Å². The molecule has 1 aromatic heterocycles. The number of hydrogen-bond donors (Lipinski definition) is 2. The summed E-state index contributed by atoms with van der Waals surface area (Å²) < 4.78 is 5.67. The summed E-state index contributed by atoms with van der Waals surface area (Å²) in [7, 11) is 0. The lowest BCUT2D eigenvalue weighted by Gasteiger charge is -2.06. The molecule has 0 saturated carbocycles. The molecule has 0 fully saturated rings. The highest BCUT2D eigenvalue weighted by atomic mass is 16.5. The number of aliphatic hydroxyl groups excluding tert-OH is 1. The van der Waals surface area contributed by atoms with Crippen molar-refractivity contribution in [1.82, 2.24) is 10.3 Å². The molecule has 23 heavy (non-hydrogen) atoms. The monoisotopic (exact) mass is 312 g/mol. The standard InChI is InChI=1S/C18H20N2O3/c21-12-2-11-20-18(22)9-6-15-4-7-17(8-5-15)23-14-16-3-1-10-19-13-16/h1,3-10,13,21H,2,11-12,14H2,(H,20,22)/b9-6+. The number of ether oxygens (including phenoxy) is 1. The Balaban J connectivity index is 1.81. The smallest absolute Gasteiger partial charge is 0.244 e. The maximum Gasteiger partial charge on any atom is 0.244 e. The summed E-state index contributed by atoms with van der Waals surface area (Å²) in [5.41, 5.74) is 1.92. The van der Waals surface area contributed by atoms with Crippen LogP contribution < -0.4 is 10.1 Å². The predicted octanol–water partition coefficient (Wildman–Crippen LogP) is 2.17. The molecule has 0 unspecified atom stereocenters. The Morgan fingerprint density at radius 1 is 1.26 bits per heavy atom. The number of nitrogens with zero attached hydrogens (tertiary/aromatic N) is 1. The van der Waals surface area contributed by atoms with Crippen molar-refractivity contribution in [3.63, 3.8) is 0 Å². The second kappa shape index (κ2) is 9.38. The quantitative estimate of drug-likeness (QED) is 0.579. The van der Waals surface area contributed by atoms with Gasteiger partial charge in [-0.1, -0.05) is 18.2 Å². The summed E-state index contributed by atoms with van der Waals surface area (Å²) >= 11 is 0. The lowest BCUT2D eigenvalue weighted by atomic mass is 10.2. The van der Waals surface area contributed by atoms with E-state index < -0.39 is 0 Å². The SMILES string of the molecule is O=C(/C=C/c1ccc(OCc2cccnc2)cc1)NCCCO. The Morgan fingerprint density at radius 3 is 2.78 bits per heavy atom. The number of hydrogen-bond acceptors (Lipinski definition) is 4. The van der Waals surface area contributed by atoms with Crippen molar-refractivity contribution < 1.29 is 14.6 Å². The molecule has 1 heterocycles. The Bertz CT molecular complexity index is 624. The first-order chi connectivity index (χ1) is 11.3. The zero-order valence-corrected chi connectivity index (χ0v) is 12.8. The van der Waals surface area contributed by atoms with Gasteiger partial charge in [-0.05, 0) is 36.3 Å². The van der Waals surface area contributed by atoms with Crippen molar-refractivity contribution in [3.8, 4) is 5.75 Å². The van der Waals surface area contributed by atoms with E-state index in [-0.39, 0.29) is 12.5 Å². The van der Waals surface area contributed by atoms with Crippen LogP contribution in [0.5, 0.6) is 5.75 Å². The number of benzene rings is 1. The fraction of sp³-hybridized carbons (Fsp3) is 0.222. The minimum Gasteiger partial charge on any atom is -0.489 e. The van der Waals surface area contributed by atoms with Gasteiger partial charge in [0, 0.05) is 37.2 Å².